The Kier molecular flexibility index (Phi) is 6.33. The molecule has 1 saturated heterocycles. The topological polar surface area (TPSA) is 80.0 Å². The number of hydrogen-bond donors (Lipinski definition) is 2. The smallest absolute Gasteiger partial charge is 0.227 e. The fourth-order valence-corrected chi connectivity index (χ4v) is 3.10. The Bertz CT molecular complexity index is 741. The Balaban J connectivity index is 1.42. The number of amides is 1. The number of aryl methyl sites for hydroxylation is 2. The molecule has 0 spiro atoms. The first-order valence-electron chi connectivity index (χ1n) is 9.18. The molecule has 3 rings (SSSR count). The van der Waals surface area contributed by atoms with E-state index in [0.29, 0.717) is 48.1 Å². The summed E-state index contributed by atoms with van der Waals surface area (Å²) in [6.07, 6.45) is 4.11. The molecular weight excluding hydrogens is 335 g/mol. The van der Waals surface area contributed by atoms with E-state index in [1.807, 2.05) is 0 Å². The number of aromatic nitrogens is 2. The molecule has 1 aromatic heterocycles. The highest BCUT2D eigenvalue weighted by Gasteiger charge is 2.14. The van der Waals surface area contributed by atoms with Crippen LogP contribution in [0.15, 0.2) is 22.7 Å². The van der Waals surface area contributed by atoms with Crippen LogP contribution in [-0.2, 0) is 11.2 Å². The van der Waals surface area contributed by atoms with Gasteiger partial charge < -0.3 is 15.2 Å². The SMILES string of the molecule is Cc1ccc(-c2noc(CCC(=O)NCCC3CCCNC3)n2)cc1F. The molecule has 1 aromatic carbocycles. The zero-order valence-electron chi connectivity index (χ0n) is 15.1. The van der Waals surface area contributed by atoms with E-state index in [1.165, 1.54) is 18.9 Å². The lowest BCUT2D eigenvalue weighted by Crippen LogP contribution is -2.33. The lowest BCUT2D eigenvalue weighted by atomic mass is 9.96. The van der Waals surface area contributed by atoms with Crippen molar-refractivity contribution in [2.24, 2.45) is 5.92 Å². The van der Waals surface area contributed by atoms with Gasteiger partial charge in [-0.05, 0) is 56.8 Å². The van der Waals surface area contributed by atoms with E-state index >= 15 is 0 Å². The number of benzene rings is 1. The molecule has 0 saturated carbocycles. The monoisotopic (exact) mass is 360 g/mol. The molecule has 0 aliphatic carbocycles. The largest absolute Gasteiger partial charge is 0.356 e. The summed E-state index contributed by atoms with van der Waals surface area (Å²) in [5, 5.41) is 10.2. The number of piperidine rings is 1. The highest BCUT2D eigenvalue weighted by atomic mass is 19.1. The average Bonchev–Trinajstić information content (AvgIpc) is 3.12. The van der Waals surface area contributed by atoms with E-state index in [-0.39, 0.29) is 11.7 Å². The van der Waals surface area contributed by atoms with Gasteiger partial charge in [0.05, 0.1) is 0 Å². The standard InChI is InChI=1S/C19H25FN4O2/c1-13-4-5-15(11-16(13)20)19-23-18(26-24-19)7-6-17(25)22-10-8-14-3-2-9-21-12-14/h4-5,11,14,21H,2-3,6-10,12H2,1H3,(H,22,25). The maximum Gasteiger partial charge on any atom is 0.227 e. The molecule has 2 N–H and O–H groups in total. The highest BCUT2D eigenvalue weighted by Crippen LogP contribution is 2.19. The second-order valence-corrected chi connectivity index (χ2v) is 6.83. The summed E-state index contributed by atoms with van der Waals surface area (Å²) in [5.41, 5.74) is 1.13. The van der Waals surface area contributed by atoms with Crippen molar-refractivity contribution >= 4 is 5.91 Å². The van der Waals surface area contributed by atoms with Gasteiger partial charge in [-0.1, -0.05) is 17.3 Å². The number of hydrogen-bond acceptors (Lipinski definition) is 5. The molecule has 1 amide bonds. The Morgan fingerprint density at radius 3 is 3.12 bits per heavy atom. The van der Waals surface area contributed by atoms with Gasteiger partial charge in [-0.25, -0.2) is 4.39 Å². The maximum absolute atomic E-state index is 13.6. The lowest BCUT2D eigenvalue weighted by molar-refractivity contribution is -0.121. The van der Waals surface area contributed by atoms with Gasteiger partial charge in [0.15, 0.2) is 0 Å². The quantitative estimate of drug-likeness (QED) is 0.793. The van der Waals surface area contributed by atoms with Crippen molar-refractivity contribution in [2.45, 2.75) is 39.0 Å². The van der Waals surface area contributed by atoms with Crippen molar-refractivity contribution in [1.82, 2.24) is 20.8 Å². The predicted molar refractivity (Wildman–Crippen MR) is 96.0 cm³/mol. The van der Waals surface area contributed by atoms with Crippen LogP contribution in [0.2, 0.25) is 0 Å². The zero-order chi connectivity index (χ0) is 18.4. The minimum atomic E-state index is -0.304. The van der Waals surface area contributed by atoms with Gasteiger partial charge in [0, 0.05) is 24.9 Å². The molecule has 26 heavy (non-hydrogen) atoms. The van der Waals surface area contributed by atoms with Crippen LogP contribution >= 0.6 is 0 Å². The van der Waals surface area contributed by atoms with Crippen molar-refractivity contribution in [3.05, 3.63) is 35.5 Å². The molecule has 1 atom stereocenters. The summed E-state index contributed by atoms with van der Waals surface area (Å²) in [7, 11) is 0. The molecule has 1 unspecified atom stereocenters. The first-order valence-corrected chi connectivity index (χ1v) is 9.18. The first-order chi connectivity index (χ1) is 12.6. The molecule has 6 nitrogen and oxygen atoms in total. The molecule has 2 aromatic rings. The van der Waals surface area contributed by atoms with E-state index in [0.717, 1.165) is 19.5 Å². The van der Waals surface area contributed by atoms with Crippen LogP contribution in [0.4, 0.5) is 4.39 Å². The normalized spacial score (nSPS) is 17.2. The van der Waals surface area contributed by atoms with E-state index < -0.39 is 0 Å². The number of halogens is 1. The van der Waals surface area contributed by atoms with E-state index in [4.69, 9.17) is 4.52 Å². The summed E-state index contributed by atoms with van der Waals surface area (Å²) in [4.78, 5) is 16.2. The Morgan fingerprint density at radius 2 is 2.35 bits per heavy atom. The summed E-state index contributed by atoms with van der Waals surface area (Å²) >= 11 is 0. The molecule has 1 aliphatic heterocycles. The molecule has 7 heteroatoms. The number of rotatable bonds is 7. The lowest BCUT2D eigenvalue weighted by Gasteiger charge is -2.22. The van der Waals surface area contributed by atoms with Crippen LogP contribution in [0.1, 0.15) is 37.1 Å². The second kappa shape index (κ2) is 8.89. The van der Waals surface area contributed by atoms with Crippen molar-refractivity contribution in [1.29, 1.82) is 0 Å². The third kappa shape index (κ3) is 5.11. The summed E-state index contributed by atoms with van der Waals surface area (Å²) in [5.74, 6) is 1.05. The Labute approximate surface area is 152 Å². The molecule has 0 bridgehead atoms. The molecule has 2 heterocycles. The number of carbonyl (C=O) groups excluding carboxylic acids is 1. The number of nitrogens with one attached hydrogen (secondary N) is 2. The first kappa shape index (κ1) is 18.5. The van der Waals surface area contributed by atoms with Crippen LogP contribution in [0.3, 0.4) is 0 Å². The van der Waals surface area contributed by atoms with Crippen molar-refractivity contribution in [2.75, 3.05) is 19.6 Å². The summed E-state index contributed by atoms with van der Waals surface area (Å²) < 4.78 is 18.8. The molecule has 0 radical (unpaired) electrons. The van der Waals surface area contributed by atoms with E-state index in [9.17, 15) is 9.18 Å². The van der Waals surface area contributed by atoms with Gasteiger partial charge in [-0.3, -0.25) is 4.79 Å². The van der Waals surface area contributed by atoms with Gasteiger partial charge >= 0.3 is 0 Å². The minimum absolute atomic E-state index is 0.0186. The predicted octanol–water partition coefficient (Wildman–Crippen LogP) is 2.62. The fraction of sp³-hybridized carbons (Fsp3) is 0.526. The van der Waals surface area contributed by atoms with Gasteiger partial charge in [-0.2, -0.15) is 4.98 Å². The Morgan fingerprint density at radius 1 is 1.46 bits per heavy atom. The molecule has 140 valence electrons. The summed E-state index contributed by atoms with van der Waals surface area (Å²) in [6, 6.07) is 4.81. The minimum Gasteiger partial charge on any atom is -0.356 e. The third-order valence-corrected chi connectivity index (χ3v) is 4.74. The Hall–Kier alpha value is -2.28. The van der Waals surface area contributed by atoms with Crippen LogP contribution in [-0.4, -0.2) is 35.7 Å². The fourth-order valence-electron chi connectivity index (χ4n) is 3.10. The summed E-state index contributed by atoms with van der Waals surface area (Å²) in [6.45, 7) is 4.54. The van der Waals surface area contributed by atoms with Crippen LogP contribution in [0.25, 0.3) is 11.4 Å². The van der Waals surface area contributed by atoms with Gasteiger partial charge in [0.25, 0.3) is 0 Å². The highest BCUT2D eigenvalue weighted by molar-refractivity contribution is 5.76. The van der Waals surface area contributed by atoms with Crippen LogP contribution in [0, 0.1) is 18.7 Å². The van der Waals surface area contributed by atoms with Gasteiger partial charge in [0.1, 0.15) is 5.82 Å². The maximum atomic E-state index is 13.6. The molecule has 1 aliphatic rings. The molecule has 1 fully saturated rings. The van der Waals surface area contributed by atoms with E-state index in [1.54, 1.807) is 19.1 Å². The van der Waals surface area contributed by atoms with Crippen molar-refractivity contribution in [3.63, 3.8) is 0 Å². The van der Waals surface area contributed by atoms with E-state index in [2.05, 4.69) is 20.8 Å². The number of nitrogens with zero attached hydrogens (tertiary/aromatic N) is 2. The second-order valence-electron chi connectivity index (χ2n) is 6.83. The zero-order valence-corrected chi connectivity index (χ0v) is 15.1. The average molecular weight is 360 g/mol. The van der Waals surface area contributed by atoms with Crippen molar-refractivity contribution in [3.8, 4) is 11.4 Å². The van der Waals surface area contributed by atoms with Crippen LogP contribution < -0.4 is 10.6 Å². The van der Waals surface area contributed by atoms with Gasteiger partial charge in [0.2, 0.25) is 17.6 Å². The van der Waals surface area contributed by atoms with Crippen molar-refractivity contribution < 1.29 is 13.7 Å². The van der Waals surface area contributed by atoms with Gasteiger partial charge in [-0.15, -0.1) is 0 Å². The molecular formula is C19H25FN4O2. The number of carbonyl (C=O) groups is 1. The third-order valence-electron chi connectivity index (χ3n) is 4.74. The van der Waals surface area contributed by atoms with Crippen LogP contribution in [0.5, 0.6) is 0 Å².